The second-order valence-corrected chi connectivity index (χ2v) is 7.43. The largest absolute Gasteiger partial charge is 0.319 e. The lowest BCUT2D eigenvalue weighted by molar-refractivity contribution is -0.384. The van der Waals surface area contributed by atoms with E-state index in [1.54, 1.807) is 13.8 Å². The Kier molecular flexibility index (Phi) is 6.24. The van der Waals surface area contributed by atoms with Crippen molar-refractivity contribution in [3.63, 3.8) is 0 Å². The number of hydrogen-bond acceptors (Lipinski definition) is 5. The summed E-state index contributed by atoms with van der Waals surface area (Å²) in [6, 6.07) is 7.93. The SMILES string of the molecule is CCN(CC)S(=O)(=O)c1ccc(C(=O)Nc2cc([N+](=O)[O-])ccc2F)cc1. The number of nitrogens with one attached hydrogen (secondary N) is 1. The Labute approximate surface area is 155 Å². The second-order valence-electron chi connectivity index (χ2n) is 5.49. The number of rotatable bonds is 7. The van der Waals surface area contributed by atoms with Crippen LogP contribution in [0, 0.1) is 15.9 Å². The molecule has 0 aliphatic rings. The number of non-ortho nitro benzene ring substituents is 1. The van der Waals surface area contributed by atoms with Gasteiger partial charge in [-0.15, -0.1) is 0 Å². The normalized spacial score (nSPS) is 11.4. The van der Waals surface area contributed by atoms with Gasteiger partial charge in [-0.25, -0.2) is 12.8 Å². The lowest BCUT2D eigenvalue weighted by Gasteiger charge is -2.18. The van der Waals surface area contributed by atoms with E-state index in [1.165, 1.54) is 28.6 Å². The smallest absolute Gasteiger partial charge is 0.271 e. The molecular formula is C17H18FN3O5S. The van der Waals surface area contributed by atoms with Gasteiger partial charge in [0.25, 0.3) is 11.6 Å². The Morgan fingerprint density at radius 3 is 2.26 bits per heavy atom. The third-order valence-electron chi connectivity index (χ3n) is 3.87. The number of hydrogen-bond donors (Lipinski definition) is 1. The highest BCUT2D eigenvalue weighted by Gasteiger charge is 2.22. The molecule has 144 valence electrons. The zero-order valence-electron chi connectivity index (χ0n) is 14.7. The molecule has 2 aromatic rings. The summed E-state index contributed by atoms with van der Waals surface area (Å²) in [7, 11) is -3.66. The van der Waals surface area contributed by atoms with Gasteiger partial charge in [0, 0.05) is 30.8 Å². The van der Waals surface area contributed by atoms with Gasteiger partial charge < -0.3 is 5.32 Å². The molecule has 0 saturated heterocycles. The van der Waals surface area contributed by atoms with Gasteiger partial charge in [0.2, 0.25) is 10.0 Å². The van der Waals surface area contributed by atoms with E-state index in [0.29, 0.717) is 13.1 Å². The van der Waals surface area contributed by atoms with Crippen LogP contribution < -0.4 is 5.32 Å². The lowest BCUT2D eigenvalue weighted by atomic mass is 10.2. The first-order valence-corrected chi connectivity index (χ1v) is 9.50. The number of nitro benzene ring substituents is 1. The fourth-order valence-electron chi connectivity index (χ4n) is 2.41. The van der Waals surface area contributed by atoms with Gasteiger partial charge in [-0.3, -0.25) is 14.9 Å². The van der Waals surface area contributed by atoms with E-state index in [0.717, 1.165) is 18.2 Å². The molecule has 2 rings (SSSR count). The highest BCUT2D eigenvalue weighted by molar-refractivity contribution is 7.89. The number of amides is 1. The number of sulfonamides is 1. The molecule has 0 fully saturated rings. The van der Waals surface area contributed by atoms with E-state index in [2.05, 4.69) is 5.32 Å². The predicted octanol–water partition coefficient (Wildman–Crippen LogP) is 3.02. The van der Waals surface area contributed by atoms with E-state index >= 15 is 0 Å². The molecule has 0 saturated carbocycles. The highest BCUT2D eigenvalue weighted by Crippen LogP contribution is 2.22. The van der Waals surface area contributed by atoms with Gasteiger partial charge in [0.15, 0.2) is 0 Å². The van der Waals surface area contributed by atoms with Gasteiger partial charge in [-0.05, 0) is 30.3 Å². The third kappa shape index (κ3) is 4.47. The molecule has 0 unspecified atom stereocenters. The summed E-state index contributed by atoms with van der Waals surface area (Å²) < 4.78 is 39.9. The average Bonchev–Trinajstić information content (AvgIpc) is 2.64. The van der Waals surface area contributed by atoms with Crippen molar-refractivity contribution in [1.29, 1.82) is 0 Å². The molecule has 27 heavy (non-hydrogen) atoms. The van der Waals surface area contributed by atoms with Crippen molar-refractivity contribution in [2.75, 3.05) is 18.4 Å². The first-order valence-electron chi connectivity index (χ1n) is 8.06. The summed E-state index contributed by atoms with van der Waals surface area (Å²) in [5.41, 5.74) is -0.624. The summed E-state index contributed by atoms with van der Waals surface area (Å²) >= 11 is 0. The average molecular weight is 395 g/mol. The molecule has 0 aliphatic carbocycles. The molecular weight excluding hydrogens is 377 g/mol. The summed E-state index contributed by atoms with van der Waals surface area (Å²) in [6.45, 7) is 4.06. The first-order chi connectivity index (χ1) is 12.7. The Bertz CT molecular complexity index is 957. The quantitative estimate of drug-likeness (QED) is 0.572. The topological polar surface area (TPSA) is 110 Å². The minimum absolute atomic E-state index is 0.0317. The van der Waals surface area contributed by atoms with E-state index < -0.39 is 26.7 Å². The minimum atomic E-state index is -3.66. The Morgan fingerprint density at radius 2 is 1.74 bits per heavy atom. The van der Waals surface area contributed by atoms with Crippen LogP contribution in [-0.2, 0) is 10.0 Å². The molecule has 2 aromatic carbocycles. The Hall–Kier alpha value is -2.85. The molecule has 0 radical (unpaired) electrons. The Balaban J connectivity index is 2.24. The van der Waals surface area contributed by atoms with Crippen LogP contribution in [0.1, 0.15) is 24.2 Å². The van der Waals surface area contributed by atoms with E-state index in [-0.39, 0.29) is 21.8 Å². The minimum Gasteiger partial charge on any atom is -0.319 e. The molecule has 0 heterocycles. The highest BCUT2D eigenvalue weighted by atomic mass is 32.2. The van der Waals surface area contributed by atoms with Crippen LogP contribution in [0.25, 0.3) is 0 Å². The summed E-state index contributed by atoms with van der Waals surface area (Å²) in [5, 5.41) is 13.0. The molecule has 0 spiro atoms. The number of anilines is 1. The molecule has 0 aromatic heterocycles. The molecule has 1 amide bonds. The number of carbonyl (C=O) groups is 1. The van der Waals surface area contributed by atoms with Crippen LogP contribution in [0.5, 0.6) is 0 Å². The van der Waals surface area contributed by atoms with E-state index in [4.69, 9.17) is 0 Å². The second kappa shape index (κ2) is 8.23. The molecule has 8 nitrogen and oxygen atoms in total. The van der Waals surface area contributed by atoms with E-state index in [9.17, 15) is 27.7 Å². The van der Waals surface area contributed by atoms with Crippen LogP contribution in [-0.4, -0.2) is 36.6 Å². The van der Waals surface area contributed by atoms with Gasteiger partial charge in [0.1, 0.15) is 5.82 Å². The summed E-state index contributed by atoms with van der Waals surface area (Å²) in [6.07, 6.45) is 0. The number of carbonyl (C=O) groups excluding carboxylic acids is 1. The summed E-state index contributed by atoms with van der Waals surface area (Å²) in [4.78, 5) is 22.3. The van der Waals surface area contributed by atoms with Crippen molar-refractivity contribution in [2.45, 2.75) is 18.7 Å². The monoisotopic (exact) mass is 395 g/mol. The molecule has 10 heteroatoms. The lowest BCUT2D eigenvalue weighted by Crippen LogP contribution is -2.30. The van der Waals surface area contributed by atoms with Gasteiger partial charge in [-0.2, -0.15) is 4.31 Å². The van der Waals surface area contributed by atoms with Crippen molar-refractivity contribution >= 4 is 27.3 Å². The van der Waals surface area contributed by atoms with Crippen molar-refractivity contribution in [3.8, 4) is 0 Å². The maximum Gasteiger partial charge on any atom is 0.271 e. The van der Waals surface area contributed by atoms with Crippen LogP contribution in [0.2, 0.25) is 0 Å². The number of halogens is 1. The van der Waals surface area contributed by atoms with E-state index in [1.807, 2.05) is 0 Å². The zero-order valence-corrected chi connectivity index (χ0v) is 15.5. The van der Waals surface area contributed by atoms with Crippen molar-refractivity contribution in [3.05, 3.63) is 64.0 Å². The van der Waals surface area contributed by atoms with Crippen LogP contribution in [0.15, 0.2) is 47.4 Å². The first kappa shape index (κ1) is 20.5. The fraction of sp³-hybridized carbons (Fsp3) is 0.235. The zero-order chi connectivity index (χ0) is 20.2. The molecule has 0 atom stereocenters. The summed E-state index contributed by atoms with van der Waals surface area (Å²) in [5.74, 6) is -1.55. The van der Waals surface area contributed by atoms with Gasteiger partial charge in [0.05, 0.1) is 15.5 Å². The van der Waals surface area contributed by atoms with Crippen LogP contribution in [0.3, 0.4) is 0 Å². The van der Waals surface area contributed by atoms with Gasteiger partial charge >= 0.3 is 0 Å². The number of nitrogens with zero attached hydrogens (tertiary/aromatic N) is 2. The maximum atomic E-state index is 13.8. The number of nitro groups is 1. The van der Waals surface area contributed by atoms with Crippen LogP contribution >= 0.6 is 0 Å². The van der Waals surface area contributed by atoms with Gasteiger partial charge in [-0.1, -0.05) is 13.8 Å². The van der Waals surface area contributed by atoms with Crippen molar-refractivity contribution in [1.82, 2.24) is 4.31 Å². The maximum absolute atomic E-state index is 13.8. The van der Waals surface area contributed by atoms with Crippen molar-refractivity contribution in [2.24, 2.45) is 0 Å². The molecule has 0 aliphatic heterocycles. The third-order valence-corrected chi connectivity index (χ3v) is 5.93. The Morgan fingerprint density at radius 1 is 1.15 bits per heavy atom. The standard InChI is InChI=1S/C17H18FN3O5S/c1-3-20(4-2)27(25,26)14-8-5-12(6-9-14)17(22)19-16-11-13(21(23)24)7-10-15(16)18/h5-11H,3-4H2,1-2H3,(H,19,22). The fourth-order valence-corrected chi connectivity index (χ4v) is 3.87. The number of benzene rings is 2. The molecule has 0 bridgehead atoms. The molecule has 1 N–H and O–H groups in total. The van der Waals surface area contributed by atoms with Crippen molar-refractivity contribution < 1.29 is 22.5 Å². The predicted molar refractivity (Wildman–Crippen MR) is 97.6 cm³/mol. The van der Waals surface area contributed by atoms with Crippen LogP contribution in [0.4, 0.5) is 15.8 Å².